The third-order valence-electron chi connectivity index (χ3n) is 1.57. The minimum atomic E-state index is -0.474. The van der Waals surface area contributed by atoms with Crippen molar-refractivity contribution < 1.29 is 4.92 Å². The summed E-state index contributed by atoms with van der Waals surface area (Å²) in [6.07, 6.45) is 0.122. The van der Waals surface area contributed by atoms with E-state index in [1.165, 1.54) is 6.07 Å². The summed E-state index contributed by atoms with van der Waals surface area (Å²) in [7, 11) is 0. The van der Waals surface area contributed by atoms with E-state index in [-0.39, 0.29) is 17.9 Å². The number of nitrogens with zero attached hydrogens (tertiary/aromatic N) is 1. The van der Waals surface area contributed by atoms with E-state index in [0.29, 0.717) is 5.56 Å². The van der Waals surface area contributed by atoms with Gasteiger partial charge in [0, 0.05) is 18.1 Å². The number of rotatable bonds is 3. The van der Waals surface area contributed by atoms with E-state index in [9.17, 15) is 10.1 Å². The molecule has 0 fully saturated rings. The Hall–Kier alpha value is -1.91. The lowest BCUT2D eigenvalue weighted by molar-refractivity contribution is -0.385. The predicted molar refractivity (Wildman–Crippen MR) is 48.7 cm³/mol. The van der Waals surface area contributed by atoms with Crippen LogP contribution in [0.3, 0.4) is 0 Å². The second-order valence-corrected chi connectivity index (χ2v) is 2.59. The molecular formula is C8H9N3O2. The monoisotopic (exact) mass is 179 g/mol. The highest BCUT2D eigenvalue weighted by Gasteiger charge is 2.12. The van der Waals surface area contributed by atoms with E-state index in [0.717, 1.165) is 0 Å². The summed E-state index contributed by atoms with van der Waals surface area (Å²) in [5.41, 5.74) is 5.64. The summed E-state index contributed by atoms with van der Waals surface area (Å²) >= 11 is 0. The largest absolute Gasteiger partial charge is 0.387 e. The molecule has 0 atom stereocenters. The van der Waals surface area contributed by atoms with Crippen LogP contribution in [0.1, 0.15) is 5.56 Å². The van der Waals surface area contributed by atoms with E-state index in [1.54, 1.807) is 18.2 Å². The molecule has 0 aromatic heterocycles. The highest BCUT2D eigenvalue weighted by molar-refractivity contribution is 5.80. The number of nitrogens with two attached hydrogens (primary N) is 1. The van der Waals surface area contributed by atoms with Gasteiger partial charge < -0.3 is 5.73 Å². The smallest absolute Gasteiger partial charge is 0.273 e. The SMILES string of the molecule is N=C(N)Cc1ccccc1[N+](=O)[O-]. The number of hydrogen-bond acceptors (Lipinski definition) is 3. The number of amidine groups is 1. The lowest BCUT2D eigenvalue weighted by Crippen LogP contribution is -2.13. The van der Waals surface area contributed by atoms with Crippen molar-refractivity contribution in [1.29, 1.82) is 5.41 Å². The molecule has 0 saturated heterocycles. The summed E-state index contributed by atoms with van der Waals surface area (Å²) in [5.74, 6) is -0.0747. The second kappa shape index (κ2) is 3.66. The summed E-state index contributed by atoms with van der Waals surface area (Å²) < 4.78 is 0. The molecule has 0 bridgehead atoms. The first-order chi connectivity index (χ1) is 6.11. The maximum Gasteiger partial charge on any atom is 0.273 e. The maximum absolute atomic E-state index is 10.5. The van der Waals surface area contributed by atoms with Gasteiger partial charge in [0.15, 0.2) is 0 Å². The maximum atomic E-state index is 10.5. The summed E-state index contributed by atoms with van der Waals surface area (Å²) in [6, 6.07) is 6.27. The van der Waals surface area contributed by atoms with Crippen LogP contribution in [-0.2, 0) is 6.42 Å². The van der Waals surface area contributed by atoms with Gasteiger partial charge in [0.05, 0.1) is 10.8 Å². The van der Waals surface area contributed by atoms with E-state index in [4.69, 9.17) is 11.1 Å². The van der Waals surface area contributed by atoms with Gasteiger partial charge in [0.2, 0.25) is 0 Å². The Morgan fingerprint density at radius 3 is 2.69 bits per heavy atom. The Morgan fingerprint density at radius 2 is 2.15 bits per heavy atom. The summed E-state index contributed by atoms with van der Waals surface area (Å²) in [5, 5.41) is 17.5. The molecular weight excluding hydrogens is 170 g/mol. The van der Waals surface area contributed by atoms with Gasteiger partial charge in [0.1, 0.15) is 0 Å². The first-order valence-corrected chi connectivity index (χ1v) is 3.66. The standard InChI is InChI=1S/C8H9N3O2/c9-8(10)5-6-3-1-2-4-7(6)11(12)13/h1-4H,5H2,(H3,9,10). The van der Waals surface area contributed by atoms with Gasteiger partial charge in [-0.2, -0.15) is 0 Å². The molecule has 0 radical (unpaired) electrons. The molecule has 0 aliphatic carbocycles. The highest BCUT2D eigenvalue weighted by atomic mass is 16.6. The van der Waals surface area contributed by atoms with Crippen LogP contribution in [0.4, 0.5) is 5.69 Å². The summed E-state index contributed by atoms with van der Waals surface area (Å²) in [4.78, 5) is 10.0. The van der Waals surface area contributed by atoms with Crippen molar-refractivity contribution >= 4 is 11.5 Å². The first-order valence-electron chi connectivity index (χ1n) is 3.66. The third kappa shape index (κ3) is 2.26. The van der Waals surface area contributed by atoms with Gasteiger partial charge in [-0.15, -0.1) is 0 Å². The number of benzene rings is 1. The highest BCUT2D eigenvalue weighted by Crippen LogP contribution is 2.17. The fraction of sp³-hybridized carbons (Fsp3) is 0.125. The minimum Gasteiger partial charge on any atom is -0.387 e. The van der Waals surface area contributed by atoms with Crippen LogP contribution >= 0.6 is 0 Å². The Balaban J connectivity index is 3.04. The number of para-hydroxylation sites is 1. The zero-order valence-electron chi connectivity index (χ0n) is 6.86. The lowest BCUT2D eigenvalue weighted by Gasteiger charge is -1.99. The fourth-order valence-corrected chi connectivity index (χ4v) is 1.04. The minimum absolute atomic E-state index is 0.0118. The molecule has 0 spiro atoms. The molecule has 0 saturated carbocycles. The van der Waals surface area contributed by atoms with Crippen molar-refractivity contribution in [1.82, 2.24) is 0 Å². The lowest BCUT2D eigenvalue weighted by atomic mass is 10.1. The molecule has 3 N–H and O–H groups in total. The zero-order valence-corrected chi connectivity index (χ0v) is 6.86. The Morgan fingerprint density at radius 1 is 1.54 bits per heavy atom. The molecule has 0 amide bonds. The Labute approximate surface area is 74.8 Å². The quantitative estimate of drug-likeness (QED) is 0.314. The molecule has 5 heteroatoms. The molecule has 1 aromatic carbocycles. The number of nitro groups is 1. The van der Waals surface area contributed by atoms with Crippen LogP contribution < -0.4 is 5.73 Å². The van der Waals surface area contributed by atoms with Gasteiger partial charge in [-0.3, -0.25) is 15.5 Å². The second-order valence-electron chi connectivity index (χ2n) is 2.59. The predicted octanol–water partition coefficient (Wildman–Crippen LogP) is 1.07. The molecule has 0 aliphatic heterocycles. The van der Waals surface area contributed by atoms with Crippen LogP contribution in [0, 0.1) is 15.5 Å². The van der Waals surface area contributed by atoms with E-state index in [2.05, 4.69) is 0 Å². The van der Waals surface area contributed by atoms with E-state index < -0.39 is 4.92 Å². The normalized spacial score (nSPS) is 9.54. The number of hydrogen-bond donors (Lipinski definition) is 2. The third-order valence-corrected chi connectivity index (χ3v) is 1.57. The van der Waals surface area contributed by atoms with Crippen molar-refractivity contribution in [3.8, 4) is 0 Å². The average Bonchev–Trinajstić information content (AvgIpc) is 2.03. The Bertz CT molecular complexity index is 349. The van der Waals surface area contributed by atoms with Crippen molar-refractivity contribution in [2.24, 2.45) is 5.73 Å². The van der Waals surface area contributed by atoms with E-state index >= 15 is 0 Å². The van der Waals surface area contributed by atoms with Gasteiger partial charge in [-0.05, 0) is 0 Å². The first kappa shape index (κ1) is 9.18. The van der Waals surface area contributed by atoms with Gasteiger partial charge >= 0.3 is 0 Å². The number of nitro benzene ring substituents is 1. The van der Waals surface area contributed by atoms with Gasteiger partial charge in [-0.1, -0.05) is 18.2 Å². The van der Waals surface area contributed by atoms with Crippen molar-refractivity contribution in [2.45, 2.75) is 6.42 Å². The molecule has 0 aliphatic rings. The summed E-state index contributed by atoms with van der Waals surface area (Å²) in [6.45, 7) is 0. The molecule has 1 aromatic rings. The van der Waals surface area contributed by atoms with Crippen molar-refractivity contribution in [3.63, 3.8) is 0 Å². The van der Waals surface area contributed by atoms with Crippen molar-refractivity contribution in [3.05, 3.63) is 39.9 Å². The Kier molecular flexibility index (Phi) is 2.59. The van der Waals surface area contributed by atoms with E-state index in [1.807, 2.05) is 0 Å². The molecule has 0 unspecified atom stereocenters. The molecule has 13 heavy (non-hydrogen) atoms. The molecule has 5 nitrogen and oxygen atoms in total. The number of nitrogens with one attached hydrogen (secondary N) is 1. The van der Waals surface area contributed by atoms with Crippen LogP contribution in [0.5, 0.6) is 0 Å². The van der Waals surface area contributed by atoms with Gasteiger partial charge in [-0.25, -0.2) is 0 Å². The molecule has 68 valence electrons. The zero-order chi connectivity index (χ0) is 9.84. The average molecular weight is 179 g/mol. The van der Waals surface area contributed by atoms with Crippen LogP contribution in [-0.4, -0.2) is 10.8 Å². The van der Waals surface area contributed by atoms with Crippen LogP contribution in [0.2, 0.25) is 0 Å². The van der Waals surface area contributed by atoms with Gasteiger partial charge in [0.25, 0.3) is 5.69 Å². The van der Waals surface area contributed by atoms with Crippen molar-refractivity contribution in [2.75, 3.05) is 0 Å². The van der Waals surface area contributed by atoms with Crippen LogP contribution in [0.15, 0.2) is 24.3 Å². The fourth-order valence-electron chi connectivity index (χ4n) is 1.04. The topological polar surface area (TPSA) is 93.0 Å². The molecule has 0 heterocycles. The molecule has 1 rings (SSSR count). The van der Waals surface area contributed by atoms with Crippen LogP contribution in [0.25, 0.3) is 0 Å².